The van der Waals surface area contributed by atoms with Crippen LogP contribution in [0.4, 0.5) is 0 Å². The molecule has 0 saturated carbocycles. The fourth-order valence-corrected chi connectivity index (χ4v) is 4.68. The van der Waals surface area contributed by atoms with Crippen molar-refractivity contribution in [2.45, 2.75) is 174 Å². The van der Waals surface area contributed by atoms with Gasteiger partial charge in [-0.05, 0) is 19.3 Å². The fourth-order valence-electron chi connectivity index (χ4n) is 4.68. The molecule has 0 spiro atoms. The van der Waals surface area contributed by atoms with Crippen LogP contribution >= 0.6 is 0 Å². The first-order valence-electron chi connectivity index (χ1n) is 15.3. The van der Waals surface area contributed by atoms with E-state index in [-0.39, 0.29) is 0 Å². The van der Waals surface area contributed by atoms with Gasteiger partial charge in [-0.2, -0.15) is 0 Å². The molecule has 1 aromatic heterocycles. The average molecular weight is 473 g/mol. The molecule has 0 unspecified atom stereocenters. The molecule has 0 aliphatic carbocycles. The Labute approximate surface area is 213 Å². The second kappa shape index (κ2) is 23.7. The van der Waals surface area contributed by atoms with Crippen molar-refractivity contribution in [1.82, 2.24) is 15.0 Å². The smallest absolute Gasteiger partial charge is 0.132 e. The predicted octanol–water partition coefficient (Wildman–Crippen LogP) is 9.96. The summed E-state index contributed by atoms with van der Waals surface area (Å²) in [7, 11) is 0. The van der Waals surface area contributed by atoms with E-state index in [4.69, 9.17) is 15.0 Å². The Balaban J connectivity index is 2.24. The standard InChI is InChI=1S/C31H58N3/c1-4-7-10-12-14-16-18-20-22-24-27-30-32-29(26-9-6-3)33-31(34-30)28-25-23-21-19-17-15-13-11-8-5-2/h3-28H2,1-2H3. The van der Waals surface area contributed by atoms with Gasteiger partial charge in [0.25, 0.3) is 0 Å². The van der Waals surface area contributed by atoms with Crippen LogP contribution in [0.3, 0.4) is 0 Å². The highest BCUT2D eigenvalue weighted by Gasteiger charge is 2.07. The second-order valence-corrected chi connectivity index (χ2v) is 10.4. The lowest BCUT2D eigenvalue weighted by Crippen LogP contribution is -2.08. The number of hydrogen-bond donors (Lipinski definition) is 0. The zero-order valence-electron chi connectivity index (χ0n) is 23.2. The quantitative estimate of drug-likeness (QED) is 0.133. The Morgan fingerprint density at radius 1 is 0.382 bits per heavy atom. The summed E-state index contributed by atoms with van der Waals surface area (Å²) in [5.41, 5.74) is 0. The highest BCUT2D eigenvalue weighted by Crippen LogP contribution is 2.14. The van der Waals surface area contributed by atoms with E-state index in [9.17, 15) is 0 Å². The number of rotatable bonds is 25. The Bertz CT molecular complexity index is 515. The molecule has 34 heavy (non-hydrogen) atoms. The molecular weight excluding hydrogens is 414 g/mol. The maximum Gasteiger partial charge on any atom is 0.132 e. The van der Waals surface area contributed by atoms with E-state index in [0.29, 0.717) is 0 Å². The lowest BCUT2D eigenvalue weighted by molar-refractivity contribution is 0.548. The van der Waals surface area contributed by atoms with Gasteiger partial charge < -0.3 is 0 Å². The monoisotopic (exact) mass is 472 g/mol. The maximum atomic E-state index is 4.86. The SMILES string of the molecule is [CH2]CCCc1nc(CCCCCCCCCCCC)nc(CCCCCCCCCCCC)n1. The molecule has 0 N–H and O–H groups in total. The maximum absolute atomic E-state index is 4.86. The van der Waals surface area contributed by atoms with E-state index < -0.39 is 0 Å². The zero-order chi connectivity index (χ0) is 24.5. The zero-order valence-corrected chi connectivity index (χ0v) is 23.2. The molecule has 1 radical (unpaired) electrons. The molecule has 0 fully saturated rings. The molecule has 0 saturated heterocycles. The normalized spacial score (nSPS) is 11.4. The highest BCUT2D eigenvalue weighted by molar-refractivity contribution is 4.99. The van der Waals surface area contributed by atoms with Crippen molar-refractivity contribution in [3.8, 4) is 0 Å². The summed E-state index contributed by atoms with van der Waals surface area (Å²) in [6.07, 6.45) is 32.4. The van der Waals surface area contributed by atoms with Crippen molar-refractivity contribution < 1.29 is 0 Å². The third kappa shape index (κ3) is 18.4. The molecule has 0 aromatic carbocycles. The third-order valence-electron chi connectivity index (χ3n) is 6.93. The summed E-state index contributed by atoms with van der Waals surface area (Å²) >= 11 is 0. The van der Waals surface area contributed by atoms with Gasteiger partial charge in [-0.1, -0.05) is 143 Å². The molecule has 3 heteroatoms. The van der Waals surface area contributed by atoms with Crippen LogP contribution < -0.4 is 0 Å². The molecule has 0 bridgehead atoms. The van der Waals surface area contributed by atoms with Gasteiger partial charge >= 0.3 is 0 Å². The highest BCUT2D eigenvalue weighted by atomic mass is 15.0. The molecular formula is C31H58N3. The van der Waals surface area contributed by atoms with Crippen LogP contribution in [0.5, 0.6) is 0 Å². The third-order valence-corrected chi connectivity index (χ3v) is 6.93. The fraction of sp³-hybridized carbons (Fsp3) is 0.871. The summed E-state index contributed by atoms with van der Waals surface area (Å²) < 4.78 is 0. The predicted molar refractivity (Wildman–Crippen MR) is 149 cm³/mol. The van der Waals surface area contributed by atoms with Crippen molar-refractivity contribution in [3.05, 3.63) is 24.4 Å². The Hall–Kier alpha value is -0.990. The molecule has 0 aliphatic rings. The van der Waals surface area contributed by atoms with Gasteiger partial charge in [-0.25, -0.2) is 15.0 Å². The van der Waals surface area contributed by atoms with Gasteiger partial charge in [-0.15, -0.1) is 0 Å². The second-order valence-electron chi connectivity index (χ2n) is 10.4. The minimum absolute atomic E-state index is 0.947. The molecule has 1 rings (SSSR count). The number of aromatic nitrogens is 3. The van der Waals surface area contributed by atoms with E-state index in [1.807, 2.05) is 0 Å². The summed E-state index contributed by atoms with van der Waals surface area (Å²) in [6.45, 7) is 8.56. The lowest BCUT2D eigenvalue weighted by atomic mass is 10.1. The molecule has 0 atom stereocenters. The minimum Gasteiger partial charge on any atom is -0.218 e. The van der Waals surface area contributed by atoms with Gasteiger partial charge in [0.15, 0.2) is 0 Å². The first-order valence-corrected chi connectivity index (χ1v) is 15.3. The van der Waals surface area contributed by atoms with E-state index >= 15 is 0 Å². The summed E-state index contributed by atoms with van der Waals surface area (Å²) in [4.78, 5) is 14.4. The number of unbranched alkanes of at least 4 members (excludes halogenated alkanes) is 19. The van der Waals surface area contributed by atoms with E-state index in [2.05, 4.69) is 20.8 Å². The van der Waals surface area contributed by atoms with Crippen LogP contribution in [0.15, 0.2) is 0 Å². The summed E-state index contributed by atoms with van der Waals surface area (Å²) in [5.74, 6) is 3.08. The molecule has 197 valence electrons. The van der Waals surface area contributed by atoms with E-state index in [1.54, 1.807) is 0 Å². The number of nitrogens with zero attached hydrogens (tertiary/aromatic N) is 3. The average Bonchev–Trinajstić information content (AvgIpc) is 2.85. The number of hydrogen-bond acceptors (Lipinski definition) is 3. The van der Waals surface area contributed by atoms with Crippen LogP contribution in [0.25, 0.3) is 0 Å². The molecule has 0 aliphatic heterocycles. The van der Waals surface area contributed by atoms with Crippen molar-refractivity contribution >= 4 is 0 Å². The molecule has 3 nitrogen and oxygen atoms in total. The lowest BCUT2D eigenvalue weighted by Gasteiger charge is -2.08. The number of aryl methyl sites for hydroxylation is 3. The van der Waals surface area contributed by atoms with Crippen LogP contribution in [0.2, 0.25) is 0 Å². The summed E-state index contributed by atoms with van der Waals surface area (Å²) in [5, 5.41) is 0. The van der Waals surface area contributed by atoms with Gasteiger partial charge in [-0.3, -0.25) is 0 Å². The Morgan fingerprint density at radius 3 is 0.941 bits per heavy atom. The molecule has 1 aromatic rings. The molecule has 1 heterocycles. The Morgan fingerprint density at radius 2 is 0.647 bits per heavy atom. The van der Waals surface area contributed by atoms with Gasteiger partial charge in [0.05, 0.1) is 0 Å². The van der Waals surface area contributed by atoms with Crippen molar-refractivity contribution in [2.24, 2.45) is 0 Å². The van der Waals surface area contributed by atoms with Crippen LogP contribution in [0.1, 0.15) is 173 Å². The van der Waals surface area contributed by atoms with Gasteiger partial charge in [0.1, 0.15) is 17.5 Å². The van der Waals surface area contributed by atoms with E-state index in [0.717, 1.165) is 49.6 Å². The van der Waals surface area contributed by atoms with Crippen LogP contribution in [-0.2, 0) is 19.3 Å². The summed E-state index contributed by atoms with van der Waals surface area (Å²) in [6, 6.07) is 0. The van der Waals surface area contributed by atoms with E-state index in [1.165, 1.54) is 128 Å². The largest absolute Gasteiger partial charge is 0.218 e. The first kappa shape index (κ1) is 31.0. The van der Waals surface area contributed by atoms with Crippen LogP contribution in [0, 0.1) is 6.92 Å². The first-order chi connectivity index (χ1) is 16.8. The molecule has 0 amide bonds. The van der Waals surface area contributed by atoms with Crippen molar-refractivity contribution in [2.75, 3.05) is 0 Å². The van der Waals surface area contributed by atoms with Crippen molar-refractivity contribution in [1.29, 1.82) is 0 Å². The van der Waals surface area contributed by atoms with Crippen LogP contribution in [-0.4, -0.2) is 15.0 Å². The van der Waals surface area contributed by atoms with Gasteiger partial charge in [0, 0.05) is 19.3 Å². The van der Waals surface area contributed by atoms with Gasteiger partial charge in [0.2, 0.25) is 0 Å². The van der Waals surface area contributed by atoms with Crippen molar-refractivity contribution in [3.63, 3.8) is 0 Å². The Kier molecular flexibility index (Phi) is 21.7. The minimum atomic E-state index is 0.947. The topological polar surface area (TPSA) is 38.7 Å².